The molecule has 0 fully saturated rings. The van der Waals surface area contributed by atoms with Crippen molar-refractivity contribution in [1.29, 1.82) is 0 Å². The molecular formula is C9H4BClFN. The molecule has 0 aliphatic carbocycles. The number of halogens is 2. The van der Waals surface area contributed by atoms with Crippen molar-refractivity contribution in [2.45, 2.75) is 0 Å². The molecule has 0 saturated carbocycles. The Labute approximate surface area is 81.0 Å². The highest BCUT2D eigenvalue weighted by Crippen LogP contribution is 2.19. The molecule has 1 heterocycles. The lowest BCUT2D eigenvalue weighted by atomic mass is 9.91. The molecule has 0 saturated heterocycles. The van der Waals surface area contributed by atoms with Gasteiger partial charge in [0.1, 0.15) is 18.8 Å². The Balaban J connectivity index is 2.94. The van der Waals surface area contributed by atoms with Crippen LogP contribution in [-0.2, 0) is 0 Å². The van der Waals surface area contributed by atoms with Crippen LogP contribution in [0.5, 0.6) is 0 Å². The Hall–Kier alpha value is -1.09. The molecule has 0 unspecified atom stereocenters. The smallest absolute Gasteiger partial charge is 0.136 e. The molecule has 0 bridgehead atoms. The number of pyridine rings is 1. The van der Waals surface area contributed by atoms with E-state index in [1.54, 1.807) is 12.3 Å². The van der Waals surface area contributed by atoms with E-state index < -0.39 is 5.82 Å². The predicted molar refractivity (Wildman–Crippen MR) is 52.1 cm³/mol. The van der Waals surface area contributed by atoms with E-state index in [9.17, 15) is 4.39 Å². The van der Waals surface area contributed by atoms with Crippen molar-refractivity contribution in [1.82, 2.24) is 4.98 Å². The van der Waals surface area contributed by atoms with E-state index in [-0.39, 0.29) is 5.15 Å². The summed E-state index contributed by atoms with van der Waals surface area (Å²) in [6, 6.07) is 4.29. The van der Waals surface area contributed by atoms with Crippen LogP contribution < -0.4 is 5.46 Å². The summed E-state index contributed by atoms with van der Waals surface area (Å²) in [5.74, 6) is -0.403. The second-order valence-electron chi connectivity index (χ2n) is 2.69. The average Bonchev–Trinajstić information content (AvgIpc) is 2.07. The maximum absolute atomic E-state index is 12.9. The lowest BCUT2D eigenvalue weighted by Crippen LogP contribution is -2.05. The minimum Gasteiger partial charge on any atom is -0.244 e. The minimum atomic E-state index is -0.403. The molecule has 0 aliphatic heterocycles. The number of hydrogen-bond acceptors (Lipinski definition) is 1. The second kappa shape index (κ2) is 3.00. The van der Waals surface area contributed by atoms with Gasteiger partial charge in [-0.3, -0.25) is 0 Å². The number of nitrogens with zero attached hydrogens (tertiary/aromatic N) is 1. The highest BCUT2D eigenvalue weighted by molar-refractivity contribution is 6.41. The Morgan fingerprint density at radius 1 is 1.31 bits per heavy atom. The standard InChI is InChI=1S/C9H4BClFN/c10-8-4-5(12)3-7-6(8)1-2-13-9(7)11/h1-4H. The molecule has 1 aromatic carbocycles. The molecule has 0 atom stereocenters. The zero-order chi connectivity index (χ0) is 9.42. The van der Waals surface area contributed by atoms with Crippen LogP contribution >= 0.6 is 11.6 Å². The van der Waals surface area contributed by atoms with Gasteiger partial charge in [0, 0.05) is 11.6 Å². The summed E-state index contributed by atoms with van der Waals surface area (Å²) in [6.07, 6.45) is 1.54. The molecular weight excluding hydrogens is 187 g/mol. The van der Waals surface area contributed by atoms with Gasteiger partial charge in [-0.25, -0.2) is 9.37 Å². The third kappa shape index (κ3) is 1.40. The van der Waals surface area contributed by atoms with E-state index in [2.05, 4.69) is 4.98 Å². The van der Waals surface area contributed by atoms with E-state index >= 15 is 0 Å². The highest BCUT2D eigenvalue weighted by Gasteiger charge is 2.03. The first-order valence-corrected chi connectivity index (χ1v) is 4.05. The van der Waals surface area contributed by atoms with Crippen LogP contribution in [0.4, 0.5) is 4.39 Å². The maximum atomic E-state index is 12.9. The monoisotopic (exact) mass is 191 g/mol. The lowest BCUT2D eigenvalue weighted by Gasteiger charge is -2.03. The number of benzene rings is 1. The van der Waals surface area contributed by atoms with E-state index in [0.717, 1.165) is 5.39 Å². The Kier molecular flexibility index (Phi) is 1.96. The SMILES string of the molecule is [B]c1cc(F)cc2c(Cl)nccc12. The minimum absolute atomic E-state index is 0.267. The maximum Gasteiger partial charge on any atom is 0.136 e. The van der Waals surface area contributed by atoms with E-state index in [1.807, 2.05) is 0 Å². The fourth-order valence-corrected chi connectivity index (χ4v) is 1.46. The number of aromatic nitrogens is 1. The van der Waals surface area contributed by atoms with E-state index in [4.69, 9.17) is 19.4 Å². The molecule has 2 aromatic rings. The summed E-state index contributed by atoms with van der Waals surface area (Å²) in [6.45, 7) is 0. The van der Waals surface area contributed by atoms with Crippen molar-refractivity contribution in [3.05, 3.63) is 35.4 Å². The second-order valence-corrected chi connectivity index (χ2v) is 3.05. The van der Waals surface area contributed by atoms with Gasteiger partial charge in [-0.05, 0) is 23.6 Å². The molecule has 2 radical (unpaired) electrons. The van der Waals surface area contributed by atoms with Gasteiger partial charge in [0.15, 0.2) is 0 Å². The molecule has 0 N–H and O–H groups in total. The van der Waals surface area contributed by atoms with Crippen LogP contribution in [0.2, 0.25) is 5.15 Å². The van der Waals surface area contributed by atoms with Crippen LogP contribution in [0, 0.1) is 5.82 Å². The first-order chi connectivity index (χ1) is 6.18. The predicted octanol–water partition coefficient (Wildman–Crippen LogP) is 1.82. The Morgan fingerprint density at radius 2 is 2.08 bits per heavy atom. The van der Waals surface area contributed by atoms with Crippen molar-refractivity contribution >= 4 is 35.7 Å². The van der Waals surface area contributed by atoms with Gasteiger partial charge >= 0.3 is 0 Å². The van der Waals surface area contributed by atoms with Crippen LogP contribution in [0.25, 0.3) is 10.8 Å². The third-order valence-corrected chi connectivity index (χ3v) is 2.13. The van der Waals surface area contributed by atoms with Gasteiger partial charge in [0.05, 0.1) is 0 Å². The van der Waals surface area contributed by atoms with Gasteiger partial charge in [-0.15, -0.1) is 0 Å². The highest BCUT2D eigenvalue weighted by atomic mass is 35.5. The fourth-order valence-electron chi connectivity index (χ4n) is 1.24. The topological polar surface area (TPSA) is 12.9 Å². The van der Waals surface area contributed by atoms with Crippen LogP contribution in [0.1, 0.15) is 0 Å². The number of rotatable bonds is 0. The summed E-state index contributed by atoms with van der Waals surface area (Å²) in [4.78, 5) is 3.83. The van der Waals surface area contributed by atoms with E-state index in [1.165, 1.54) is 12.1 Å². The zero-order valence-electron chi connectivity index (χ0n) is 6.59. The molecule has 1 nitrogen and oxygen atoms in total. The van der Waals surface area contributed by atoms with Gasteiger partial charge in [0.2, 0.25) is 0 Å². The van der Waals surface area contributed by atoms with Gasteiger partial charge < -0.3 is 0 Å². The van der Waals surface area contributed by atoms with Crippen molar-refractivity contribution < 1.29 is 4.39 Å². The van der Waals surface area contributed by atoms with Crippen LogP contribution in [0.15, 0.2) is 24.4 Å². The molecule has 1 aromatic heterocycles. The summed E-state index contributed by atoms with van der Waals surface area (Å²) in [7, 11) is 5.60. The molecule has 13 heavy (non-hydrogen) atoms. The summed E-state index contributed by atoms with van der Waals surface area (Å²) < 4.78 is 12.9. The van der Waals surface area contributed by atoms with Gasteiger partial charge in [-0.2, -0.15) is 0 Å². The number of hydrogen-bond donors (Lipinski definition) is 0. The normalized spacial score (nSPS) is 10.6. The van der Waals surface area contributed by atoms with Crippen molar-refractivity contribution in [3.8, 4) is 0 Å². The molecule has 0 amide bonds. The molecule has 2 rings (SSSR count). The first-order valence-electron chi connectivity index (χ1n) is 3.68. The summed E-state index contributed by atoms with van der Waals surface area (Å²) in [5, 5.41) is 1.53. The van der Waals surface area contributed by atoms with Gasteiger partial charge in [-0.1, -0.05) is 17.1 Å². The Morgan fingerprint density at radius 3 is 2.85 bits per heavy atom. The van der Waals surface area contributed by atoms with Crippen molar-refractivity contribution in [3.63, 3.8) is 0 Å². The quantitative estimate of drug-likeness (QED) is 0.457. The van der Waals surface area contributed by atoms with Crippen LogP contribution in [0.3, 0.4) is 0 Å². The first kappa shape index (κ1) is 8.51. The zero-order valence-corrected chi connectivity index (χ0v) is 7.35. The fraction of sp³-hybridized carbons (Fsp3) is 0. The number of fused-ring (bicyclic) bond motifs is 1. The van der Waals surface area contributed by atoms with Crippen LogP contribution in [-0.4, -0.2) is 12.8 Å². The Bertz CT molecular complexity index is 472. The summed E-state index contributed by atoms with van der Waals surface area (Å²) in [5.41, 5.74) is 0.374. The third-order valence-electron chi connectivity index (χ3n) is 1.83. The van der Waals surface area contributed by atoms with E-state index in [0.29, 0.717) is 10.8 Å². The lowest BCUT2D eigenvalue weighted by molar-refractivity contribution is 0.630. The molecule has 0 aliphatic rings. The summed E-state index contributed by atoms with van der Waals surface area (Å²) >= 11 is 5.77. The molecule has 62 valence electrons. The van der Waals surface area contributed by atoms with Gasteiger partial charge in [0.25, 0.3) is 0 Å². The molecule has 0 spiro atoms. The largest absolute Gasteiger partial charge is 0.244 e. The van der Waals surface area contributed by atoms with Crippen molar-refractivity contribution in [2.75, 3.05) is 0 Å². The van der Waals surface area contributed by atoms with Crippen molar-refractivity contribution in [2.24, 2.45) is 0 Å². The average molecular weight is 191 g/mol. The molecule has 4 heteroatoms.